The second-order valence-electron chi connectivity index (χ2n) is 2.31. The Labute approximate surface area is 75.3 Å². The largest absolute Gasteiger partial charge is 0.466 e. The first-order chi connectivity index (χ1) is 6.07. The molecule has 0 aliphatic rings. The second-order valence-corrected chi connectivity index (χ2v) is 2.31. The summed E-state index contributed by atoms with van der Waals surface area (Å²) in [7, 11) is 1.25. The summed E-state index contributed by atoms with van der Waals surface area (Å²) in [5.41, 5.74) is 0.344. The molecule has 0 rings (SSSR count). The van der Waals surface area contributed by atoms with Crippen LogP contribution in [0.25, 0.3) is 0 Å². The summed E-state index contributed by atoms with van der Waals surface area (Å²) >= 11 is 0. The van der Waals surface area contributed by atoms with Gasteiger partial charge in [-0.1, -0.05) is 0 Å². The molecule has 76 valence electrons. The Hall–Kier alpha value is -0.970. The van der Waals surface area contributed by atoms with Gasteiger partial charge in [0.15, 0.2) is 0 Å². The number of alkyl halides is 2. The summed E-state index contributed by atoms with van der Waals surface area (Å²) < 4.78 is 32.0. The Bertz CT molecular complexity index is 190. The molecule has 0 heterocycles. The molecule has 0 aliphatic carbocycles. The third-order valence-electron chi connectivity index (χ3n) is 1.26. The van der Waals surface area contributed by atoms with Gasteiger partial charge in [0.05, 0.1) is 13.7 Å². The topological polar surface area (TPSA) is 35.5 Å². The van der Waals surface area contributed by atoms with Crippen molar-refractivity contribution >= 4 is 5.97 Å². The van der Waals surface area contributed by atoms with E-state index in [1.807, 2.05) is 0 Å². The molecule has 0 fully saturated rings. The Balaban J connectivity index is 3.65. The Morgan fingerprint density at radius 3 is 2.62 bits per heavy atom. The van der Waals surface area contributed by atoms with E-state index in [2.05, 4.69) is 9.47 Å². The number of ether oxygens (including phenoxy) is 2. The predicted octanol–water partition coefficient (Wildman–Crippen LogP) is 1.39. The van der Waals surface area contributed by atoms with Gasteiger partial charge in [-0.05, 0) is 13.0 Å². The Morgan fingerprint density at radius 2 is 2.15 bits per heavy atom. The third-order valence-corrected chi connectivity index (χ3v) is 1.26. The van der Waals surface area contributed by atoms with Gasteiger partial charge in [-0.2, -0.15) is 0 Å². The van der Waals surface area contributed by atoms with Crippen LogP contribution in [0, 0.1) is 0 Å². The molecule has 0 aromatic heterocycles. The minimum absolute atomic E-state index is 0.00866. The van der Waals surface area contributed by atoms with Crippen molar-refractivity contribution in [3.05, 3.63) is 11.6 Å². The number of carbonyl (C=O) groups excluding carboxylic acids is 1. The highest BCUT2D eigenvalue weighted by Gasteiger charge is 2.03. The van der Waals surface area contributed by atoms with Crippen molar-refractivity contribution in [3.63, 3.8) is 0 Å². The summed E-state index contributed by atoms with van der Waals surface area (Å²) in [6.45, 7) is 0.897. The molecule has 0 radical (unpaired) electrons. The number of methoxy groups -OCH3 is 1. The van der Waals surface area contributed by atoms with Crippen molar-refractivity contribution in [1.29, 1.82) is 0 Å². The second kappa shape index (κ2) is 6.54. The van der Waals surface area contributed by atoms with Gasteiger partial charge < -0.3 is 9.47 Å². The minimum Gasteiger partial charge on any atom is -0.466 e. The van der Waals surface area contributed by atoms with Crippen LogP contribution < -0.4 is 0 Å². The van der Waals surface area contributed by atoms with Gasteiger partial charge in [0.25, 0.3) is 6.43 Å². The molecule has 0 bridgehead atoms. The van der Waals surface area contributed by atoms with Crippen molar-refractivity contribution in [2.75, 3.05) is 20.3 Å². The van der Waals surface area contributed by atoms with E-state index in [0.29, 0.717) is 5.57 Å². The van der Waals surface area contributed by atoms with Crippen LogP contribution in [0.5, 0.6) is 0 Å². The highest BCUT2D eigenvalue weighted by molar-refractivity contribution is 5.87. The summed E-state index contributed by atoms with van der Waals surface area (Å²) in [4.78, 5) is 10.7. The van der Waals surface area contributed by atoms with Gasteiger partial charge in [0.2, 0.25) is 0 Å². The van der Waals surface area contributed by atoms with E-state index in [1.54, 1.807) is 0 Å². The van der Waals surface area contributed by atoms with Crippen LogP contribution in [0.4, 0.5) is 8.78 Å². The highest BCUT2D eigenvalue weighted by atomic mass is 19.3. The maximum Gasteiger partial charge on any atom is 0.333 e. The quantitative estimate of drug-likeness (QED) is 0.377. The molecule has 0 saturated carbocycles. The first kappa shape index (κ1) is 12.0. The van der Waals surface area contributed by atoms with Crippen molar-refractivity contribution in [1.82, 2.24) is 0 Å². The zero-order valence-electron chi connectivity index (χ0n) is 7.55. The fourth-order valence-electron chi connectivity index (χ4n) is 0.585. The molecule has 3 nitrogen and oxygen atoms in total. The van der Waals surface area contributed by atoms with Crippen molar-refractivity contribution in [2.45, 2.75) is 13.3 Å². The fraction of sp³-hybridized carbons (Fsp3) is 0.625. The third kappa shape index (κ3) is 6.21. The predicted molar refractivity (Wildman–Crippen MR) is 42.6 cm³/mol. The SMILES string of the molecule is COC(=O)C(C)=CCOCC(F)F. The summed E-state index contributed by atoms with van der Waals surface area (Å²) in [5, 5.41) is 0. The van der Waals surface area contributed by atoms with Crippen LogP contribution in [-0.4, -0.2) is 32.7 Å². The van der Waals surface area contributed by atoms with E-state index >= 15 is 0 Å². The molecule has 0 amide bonds. The monoisotopic (exact) mass is 194 g/mol. The summed E-state index contributed by atoms with van der Waals surface area (Å²) in [6, 6.07) is 0. The van der Waals surface area contributed by atoms with E-state index in [4.69, 9.17) is 0 Å². The van der Waals surface area contributed by atoms with E-state index in [1.165, 1.54) is 20.1 Å². The average molecular weight is 194 g/mol. The molecule has 0 unspecified atom stereocenters. The molecule has 0 saturated heterocycles. The van der Waals surface area contributed by atoms with E-state index in [-0.39, 0.29) is 6.61 Å². The van der Waals surface area contributed by atoms with E-state index in [9.17, 15) is 13.6 Å². The molecule has 0 aliphatic heterocycles. The molecule has 0 aromatic carbocycles. The normalized spacial score (nSPS) is 11.9. The Morgan fingerprint density at radius 1 is 1.54 bits per heavy atom. The fourth-order valence-corrected chi connectivity index (χ4v) is 0.585. The lowest BCUT2D eigenvalue weighted by Crippen LogP contribution is -2.06. The highest BCUT2D eigenvalue weighted by Crippen LogP contribution is 1.97. The van der Waals surface area contributed by atoms with E-state index < -0.39 is 19.0 Å². The van der Waals surface area contributed by atoms with Gasteiger partial charge in [0, 0.05) is 5.57 Å². The van der Waals surface area contributed by atoms with Gasteiger partial charge in [0.1, 0.15) is 6.61 Å². The summed E-state index contributed by atoms with van der Waals surface area (Å²) in [6.07, 6.45) is -1.08. The molecule has 0 atom stereocenters. The van der Waals surface area contributed by atoms with Crippen LogP contribution in [0.15, 0.2) is 11.6 Å². The maximum atomic E-state index is 11.5. The van der Waals surface area contributed by atoms with Crippen LogP contribution in [0.3, 0.4) is 0 Å². The number of hydrogen-bond donors (Lipinski definition) is 0. The first-order valence-corrected chi connectivity index (χ1v) is 3.69. The molecule has 0 aromatic rings. The standard InChI is InChI=1S/C8H12F2O3/c1-6(8(11)12-2)3-4-13-5-7(9)10/h3,7H,4-5H2,1-2H3. The molecule has 13 heavy (non-hydrogen) atoms. The Kier molecular flexibility index (Phi) is 6.05. The van der Waals surface area contributed by atoms with Crippen molar-refractivity contribution in [2.24, 2.45) is 0 Å². The maximum absolute atomic E-state index is 11.5. The zero-order chi connectivity index (χ0) is 10.3. The molecule has 0 spiro atoms. The van der Waals surface area contributed by atoms with Crippen molar-refractivity contribution in [3.8, 4) is 0 Å². The lowest BCUT2D eigenvalue weighted by Gasteiger charge is -2.00. The zero-order valence-corrected chi connectivity index (χ0v) is 7.55. The average Bonchev–Trinajstić information content (AvgIpc) is 2.10. The first-order valence-electron chi connectivity index (χ1n) is 3.69. The molecular formula is C8H12F2O3. The number of rotatable bonds is 5. The molecule has 0 N–H and O–H groups in total. The van der Waals surface area contributed by atoms with E-state index in [0.717, 1.165) is 0 Å². The van der Waals surface area contributed by atoms with Crippen LogP contribution in [0.2, 0.25) is 0 Å². The van der Waals surface area contributed by atoms with Gasteiger partial charge in [-0.3, -0.25) is 0 Å². The summed E-state index contributed by atoms with van der Waals surface area (Å²) in [5.74, 6) is -0.486. The van der Waals surface area contributed by atoms with Gasteiger partial charge in [-0.25, -0.2) is 13.6 Å². The molecule has 5 heteroatoms. The lowest BCUT2D eigenvalue weighted by molar-refractivity contribution is -0.136. The van der Waals surface area contributed by atoms with Crippen LogP contribution in [0.1, 0.15) is 6.92 Å². The number of esters is 1. The lowest BCUT2D eigenvalue weighted by atomic mass is 10.3. The number of carbonyl (C=O) groups is 1. The number of halogens is 2. The van der Waals surface area contributed by atoms with Gasteiger partial charge in [-0.15, -0.1) is 0 Å². The molecular weight excluding hydrogens is 182 g/mol. The van der Waals surface area contributed by atoms with Crippen LogP contribution >= 0.6 is 0 Å². The van der Waals surface area contributed by atoms with Crippen LogP contribution in [-0.2, 0) is 14.3 Å². The van der Waals surface area contributed by atoms with Gasteiger partial charge >= 0.3 is 5.97 Å². The number of hydrogen-bond acceptors (Lipinski definition) is 3. The minimum atomic E-state index is -2.48. The van der Waals surface area contributed by atoms with Crippen molar-refractivity contribution < 1.29 is 23.0 Å². The smallest absolute Gasteiger partial charge is 0.333 e.